The van der Waals surface area contributed by atoms with Gasteiger partial charge in [0.25, 0.3) is 5.91 Å². The van der Waals surface area contributed by atoms with Gasteiger partial charge in [0.15, 0.2) is 0 Å². The van der Waals surface area contributed by atoms with Crippen molar-refractivity contribution in [2.45, 2.75) is 25.8 Å². The van der Waals surface area contributed by atoms with E-state index in [1.54, 1.807) is 12.1 Å². The number of carbonyl (C=O) groups is 2. The first-order chi connectivity index (χ1) is 15.1. The van der Waals surface area contributed by atoms with E-state index in [-0.39, 0.29) is 17.9 Å². The van der Waals surface area contributed by atoms with Crippen molar-refractivity contribution in [3.05, 3.63) is 54.1 Å². The number of para-hydroxylation sites is 3. The minimum absolute atomic E-state index is 0.102. The Balaban J connectivity index is 1.31. The number of hydrogen-bond donors (Lipinski definition) is 2. The first-order valence-corrected chi connectivity index (χ1v) is 11.0. The van der Waals surface area contributed by atoms with Crippen molar-refractivity contribution in [3.63, 3.8) is 0 Å². The number of amides is 2. The van der Waals surface area contributed by atoms with Gasteiger partial charge in [-0.15, -0.1) is 0 Å². The number of rotatable bonds is 8. The average Bonchev–Trinajstić information content (AvgIpc) is 3.59. The largest absolute Gasteiger partial charge is 0.492 e. The molecular formula is C24H30N4O3. The van der Waals surface area contributed by atoms with E-state index in [0.717, 1.165) is 50.5 Å². The lowest BCUT2D eigenvalue weighted by Crippen LogP contribution is -2.48. The molecule has 1 heterocycles. The monoisotopic (exact) mass is 422 g/mol. The van der Waals surface area contributed by atoms with Gasteiger partial charge in [-0.2, -0.15) is 0 Å². The van der Waals surface area contributed by atoms with Gasteiger partial charge in [0.05, 0.1) is 30.1 Å². The maximum Gasteiger partial charge on any atom is 0.253 e. The summed E-state index contributed by atoms with van der Waals surface area (Å²) < 4.78 is 5.75. The van der Waals surface area contributed by atoms with Gasteiger partial charge in [-0.1, -0.05) is 24.3 Å². The molecule has 0 unspecified atom stereocenters. The van der Waals surface area contributed by atoms with Crippen LogP contribution in [0.3, 0.4) is 0 Å². The zero-order valence-electron chi connectivity index (χ0n) is 18.0. The van der Waals surface area contributed by atoms with Gasteiger partial charge in [-0.05, 0) is 44.0 Å². The van der Waals surface area contributed by atoms with Crippen LogP contribution in [-0.2, 0) is 4.79 Å². The molecule has 2 aromatic carbocycles. The highest BCUT2D eigenvalue weighted by Crippen LogP contribution is 2.28. The standard InChI is InChI=1S/C24H30N4O3/c1-2-31-22-10-6-5-9-21(22)28-15-13-27(14-16-28)17-23(29)26-20-8-4-3-7-19(20)24(30)25-18-11-12-18/h3-10,18H,2,11-17H2,1H3,(H,25,30)(H,26,29). The first-order valence-electron chi connectivity index (χ1n) is 11.0. The molecule has 2 N–H and O–H groups in total. The zero-order chi connectivity index (χ0) is 21.6. The molecule has 164 valence electrons. The number of nitrogens with one attached hydrogen (secondary N) is 2. The molecule has 2 fully saturated rings. The summed E-state index contributed by atoms with van der Waals surface area (Å²) in [6.07, 6.45) is 2.06. The maximum absolute atomic E-state index is 12.7. The molecule has 1 saturated heterocycles. The lowest BCUT2D eigenvalue weighted by molar-refractivity contribution is -0.117. The third-order valence-electron chi connectivity index (χ3n) is 5.60. The molecule has 0 bridgehead atoms. The Morgan fingerprint density at radius 3 is 2.45 bits per heavy atom. The summed E-state index contributed by atoms with van der Waals surface area (Å²) in [6.45, 7) is 6.17. The minimum atomic E-state index is -0.125. The average molecular weight is 423 g/mol. The SMILES string of the molecule is CCOc1ccccc1N1CCN(CC(=O)Nc2ccccc2C(=O)NC2CC2)CC1. The van der Waals surface area contributed by atoms with E-state index in [1.165, 1.54) is 0 Å². The van der Waals surface area contributed by atoms with Crippen LogP contribution in [0.2, 0.25) is 0 Å². The molecule has 31 heavy (non-hydrogen) atoms. The first kappa shape index (κ1) is 21.2. The molecule has 0 aromatic heterocycles. The van der Waals surface area contributed by atoms with E-state index in [4.69, 9.17) is 4.74 Å². The number of ether oxygens (including phenoxy) is 1. The van der Waals surface area contributed by atoms with Crippen molar-refractivity contribution in [2.24, 2.45) is 0 Å². The van der Waals surface area contributed by atoms with E-state index < -0.39 is 0 Å². The van der Waals surface area contributed by atoms with E-state index >= 15 is 0 Å². The van der Waals surface area contributed by atoms with Gasteiger partial charge in [0, 0.05) is 32.2 Å². The summed E-state index contributed by atoms with van der Waals surface area (Å²) in [4.78, 5) is 29.5. The quantitative estimate of drug-likeness (QED) is 0.684. The van der Waals surface area contributed by atoms with Crippen LogP contribution < -0.4 is 20.3 Å². The molecule has 1 aliphatic carbocycles. The van der Waals surface area contributed by atoms with E-state index in [1.807, 2.05) is 37.3 Å². The van der Waals surface area contributed by atoms with Gasteiger partial charge in [-0.25, -0.2) is 0 Å². The highest BCUT2D eigenvalue weighted by atomic mass is 16.5. The maximum atomic E-state index is 12.7. The van der Waals surface area contributed by atoms with Crippen molar-refractivity contribution in [1.82, 2.24) is 10.2 Å². The van der Waals surface area contributed by atoms with E-state index in [2.05, 4.69) is 26.5 Å². The number of piperazine rings is 1. The smallest absolute Gasteiger partial charge is 0.253 e. The van der Waals surface area contributed by atoms with Crippen LogP contribution >= 0.6 is 0 Å². The fourth-order valence-electron chi connectivity index (χ4n) is 3.82. The Morgan fingerprint density at radius 1 is 1.00 bits per heavy atom. The Morgan fingerprint density at radius 2 is 1.71 bits per heavy atom. The molecule has 1 saturated carbocycles. The highest BCUT2D eigenvalue weighted by Gasteiger charge is 2.25. The predicted molar refractivity (Wildman–Crippen MR) is 122 cm³/mol. The molecular weight excluding hydrogens is 392 g/mol. The van der Waals surface area contributed by atoms with Crippen LogP contribution in [0.1, 0.15) is 30.1 Å². The van der Waals surface area contributed by atoms with Crippen molar-refractivity contribution in [3.8, 4) is 5.75 Å². The molecule has 2 aromatic rings. The third-order valence-corrected chi connectivity index (χ3v) is 5.60. The summed E-state index contributed by atoms with van der Waals surface area (Å²) in [7, 11) is 0. The fraction of sp³-hybridized carbons (Fsp3) is 0.417. The van der Waals surface area contributed by atoms with Crippen LogP contribution in [0.15, 0.2) is 48.5 Å². The zero-order valence-corrected chi connectivity index (χ0v) is 18.0. The number of anilines is 2. The molecule has 0 atom stereocenters. The second-order valence-electron chi connectivity index (χ2n) is 8.01. The molecule has 7 nitrogen and oxygen atoms in total. The topological polar surface area (TPSA) is 73.9 Å². The summed E-state index contributed by atoms with van der Waals surface area (Å²) in [5.41, 5.74) is 2.18. The van der Waals surface area contributed by atoms with Crippen LogP contribution in [0, 0.1) is 0 Å². The number of nitrogens with zero attached hydrogens (tertiary/aromatic N) is 2. The van der Waals surface area contributed by atoms with Gasteiger partial charge < -0.3 is 20.3 Å². The Labute approximate surface area is 183 Å². The molecule has 7 heteroatoms. The summed E-state index contributed by atoms with van der Waals surface area (Å²) in [5, 5.41) is 5.91. The Bertz CT molecular complexity index is 921. The predicted octanol–water partition coefficient (Wildman–Crippen LogP) is 2.74. The Hall–Kier alpha value is -3.06. The van der Waals surface area contributed by atoms with Crippen LogP contribution in [0.25, 0.3) is 0 Å². The molecule has 4 rings (SSSR count). The normalized spacial score (nSPS) is 16.6. The molecule has 2 aliphatic rings. The summed E-state index contributed by atoms with van der Waals surface area (Å²) >= 11 is 0. The summed E-state index contributed by atoms with van der Waals surface area (Å²) in [5.74, 6) is 0.673. The number of benzene rings is 2. The molecule has 0 radical (unpaired) electrons. The van der Waals surface area contributed by atoms with E-state index in [9.17, 15) is 9.59 Å². The minimum Gasteiger partial charge on any atom is -0.492 e. The number of hydrogen-bond acceptors (Lipinski definition) is 5. The lowest BCUT2D eigenvalue weighted by atomic mass is 10.1. The Kier molecular flexibility index (Phi) is 6.72. The second-order valence-corrected chi connectivity index (χ2v) is 8.01. The van der Waals surface area contributed by atoms with Gasteiger partial charge in [0.2, 0.25) is 5.91 Å². The van der Waals surface area contributed by atoms with Crippen molar-refractivity contribution < 1.29 is 14.3 Å². The van der Waals surface area contributed by atoms with Crippen molar-refractivity contribution >= 4 is 23.2 Å². The lowest BCUT2D eigenvalue weighted by Gasteiger charge is -2.36. The van der Waals surface area contributed by atoms with Gasteiger partial charge in [-0.3, -0.25) is 14.5 Å². The molecule has 1 aliphatic heterocycles. The van der Waals surface area contributed by atoms with E-state index in [0.29, 0.717) is 24.4 Å². The molecule has 0 spiro atoms. The van der Waals surface area contributed by atoms with Gasteiger partial charge >= 0.3 is 0 Å². The highest BCUT2D eigenvalue weighted by molar-refractivity contribution is 6.04. The molecule has 2 amide bonds. The second kappa shape index (κ2) is 9.83. The van der Waals surface area contributed by atoms with Crippen molar-refractivity contribution in [1.29, 1.82) is 0 Å². The van der Waals surface area contributed by atoms with Crippen LogP contribution in [-0.4, -0.2) is 62.1 Å². The van der Waals surface area contributed by atoms with Gasteiger partial charge in [0.1, 0.15) is 5.75 Å². The fourth-order valence-corrected chi connectivity index (χ4v) is 3.82. The van der Waals surface area contributed by atoms with Crippen LogP contribution in [0.4, 0.5) is 11.4 Å². The third kappa shape index (κ3) is 5.55. The van der Waals surface area contributed by atoms with Crippen molar-refractivity contribution in [2.75, 3.05) is 49.5 Å². The van der Waals surface area contributed by atoms with Crippen LogP contribution in [0.5, 0.6) is 5.75 Å². The number of carbonyl (C=O) groups excluding carboxylic acids is 2. The summed E-state index contributed by atoms with van der Waals surface area (Å²) in [6, 6.07) is 15.5.